The van der Waals surface area contributed by atoms with E-state index in [2.05, 4.69) is 22.0 Å². The quantitative estimate of drug-likeness (QED) is 0.537. The minimum atomic E-state index is -4.75. The van der Waals surface area contributed by atoms with Crippen LogP contribution in [0.3, 0.4) is 0 Å². The van der Waals surface area contributed by atoms with Crippen LogP contribution >= 0.6 is 0 Å². The highest BCUT2D eigenvalue weighted by atomic mass is 19.4. The zero-order chi connectivity index (χ0) is 22.4. The summed E-state index contributed by atoms with van der Waals surface area (Å²) in [6, 6.07) is 2.02. The van der Waals surface area contributed by atoms with Crippen LogP contribution in [0.2, 0.25) is 0 Å². The molecule has 3 rings (SSSR count). The molecule has 1 fully saturated rings. The fourth-order valence-electron chi connectivity index (χ4n) is 3.69. The Bertz CT molecular complexity index is 848. The lowest BCUT2D eigenvalue weighted by atomic mass is 10.0. The van der Waals surface area contributed by atoms with Gasteiger partial charge in [-0.05, 0) is 50.9 Å². The predicted molar refractivity (Wildman–Crippen MR) is 109 cm³/mol. The van der Waals surface area contributed by atoms with E-state index < -0.39 is 23.3 Å². The molecule has 0 amide bonds. The number of aromatic nitrogens is 2. The molecule has 2 aromatic rings. The average Bonchev–Trinajstić information content (AvgIpc) is 3.19. The van der Waals surface area contributed by atoms with E-state index in [0.29, 0.717) is 43.9 Å². The van der Waals surface area contributed by atoms with Gasteiger partial charge in [-0.3, -0.25) is 5.10 Å². The smallest absolute Gasteiger partial charge is 0.420 e. The zero-order valence-corrected chi connectivity index (χ0v) is 17.9. The molecule has 1 aromatic carbocycles. The third-order valence-electron chi connectivity index (χ3n) is 5.49. The largest absolute Gasteiger partial charge is 0.490 e. The highest BCUT2D eigenvalue weighted by molar-refractivity contribution is 5.66. The van der Waals surface area contributed by atoms with E-state index in [0.717, 1.165) is 31.5 Å². The molecule has 31 heavy (non-hydrogen) atoms. The number of aromatic amines is 1. The van der Waals surface area contributed by atoms with Crippen molar-refractivity contribution in [3.63, 3.8) is 0 Å². The first kappa shape index (κ1) is 23.5. The molecule has 172 valence electrons. The molecule has 0 unspecified atom stereocenters. The molecule has 9 heteroatoms. The fourth-order valence-corrected chi connectivity index (χ4v) is 3.69. The topological polar surface area (TPSA) is 50.4 Å². The first-order valence-electron chi connectivity index (χ1n) is 10.6. The summed E-state index contributed by atoms with van der Waals surface area (Å²) < 4.78 is 66.8. The summed E-state index contributed by atoms with van der Waals surface area (Å²) in [5, 5.41) is 6.70. The van der Waals surface area contributed by atoms with Crippen LogP contribution in [0.1, 0.15) is 43.7 Å². The number of ether oxygens (including phenoxy) is 2. The van der Waals surface area contributed by atoms with Gasteiger partial charge in [-0.25, -0.2) is 4.39 Å². The normalized spacial score (nSPS) is 15.6. The van der Waals surface area contributed by atoms with Crippen LogP contribution in [-0.2, 0) is 17.5 Å². The van der Waals surface area contributed by atoms with Gasteiger partial charge in [-0.2, -0.15) is 18.3 Å². The summed E-state index contributed by atoms with van der Waals surface area (Å²) in [6.45, 7) is 4.54. The molecule has 0 radical (unpaired) electrons. The maximum absolute atomic E-state index is 14.9. The van der Waals surface area contributed by atoms with Gasteiger partial charge in [0.2, 0.25) is 0 Å². The number of alkyl halides is 3. The lowest BCUT2D eigenvalue weighted by Gasteiger charge is -2.23. The molecule has 1 aliphatic heterocycles. The second-order valence-electron chi connectivity index (χ2n) is 8.06. The molecule has 0 aliphatic carbocycles. The van der Waals surface area contributed by atoms with Crippen molar-refractivity contribution in [2.45, 2.75) is 45.3 Å². The Kier molecular flexibility index (Phi) is 7.94. The molecule has 1 saturated heterocycles. The summed E-state index contributed by atoms with van der Waals surface area (Å²) in [7, 11) is 1.93. The van der Waals surface area contributed by atoms with Crippen molar-refractivity contribution in [1.82, 2.24) is 15.1 Å². The van der Waals surface area contributed by atoms with Gasteiger partial charge in [0.05, 0.1) is 18.5 Å². The van der Waals surface area contributed by atoms with Gasteiger partial charge in [0.1, 0.15) is 5.56 Å². The number of hydrogen-bond donors (Lipinski definition) is 1. The highest BCUT2D eigenvalue weighted by Gasteiger charge is 2.37. The SMILES string of the molecule is CCCCN(C)Cc1cn[nH]c1-c1cc(F)c(OCC2CCOCC2)c(C(F)(F)F)c1. The van der Waals surface area contributed by atoms with Crippen LogP contribution in [0.25, 0.3) is 11.3 Å². The lowest BCUT2D eigenvalue weighted by Crippen LogP contribution is -2.22. The number of rotatable bonds is 9. The minimum Gasteiger partial charge on any atom is -0.490 e. The Labute approximate surface area is 179 Å². The molecule has 1 aliphatic rings. The van der Waals surface area contributed by atoms with Crippen LogP contribution < -0.4 is 4.74 Å². The van der Waals surface area contributed by atoms with E-state index in [-0.39, 0.29) is 18.1 Å². The molecule has 0 spiro atoms. The highest BCUT2D eigenvalue weighted by Crippen LogP contribution is 2.41. The maximum atomic E-state index is 14.9. The predicted octanol–water partition coefficient (Wildman–Crippen LogP) is 5.27. The number of hydrogen-bond acceptors (Lipinski definition) is 4. The number of nitrogens with zero attached hydrogens (tertiary/aromatic N) is 2. The average molecular weight is 443 g/mol. The molecule has 1 N–H and O–H groups in total. The number of halogens is 4. The third kappa shape index (κ3) is 6.20. The van der Waals surface area contributed by atoms with Crippen molar-refractivity contribution in [3.8, 4) is 17.0 Å². The molecule has 0 saturated carbocycles. The van der Waals surface area contributed by atoms with Gasteiger partial charge >= 0.3 is 6.18 Å². The van der Waals surface area contributed by atoms with Crippen molar-refractivity contribution in [2.75, 3.05) is 33.4 Å². The van der Waals surface area contributed by atoms with Gasteiger partial charge in [-0.1, -0.05) is 13.3 Å². The van der Waals surface area contributed by atoms with Crippen LogP contribution in [0.15, 0.2) is 18.3 Å². The van der Waals surface area contributed by atoms with Crippen molar-refractivity contribution < 1.29 is 27.0 Å². The van der Waals surface area contributed by atoms with Crippen LogP contribution in [0, 0.1) is 11.7 Å². The molecule has 0 atom stereocenters. The van der Waals surface area contributed by atoms with Gasteiger partial charge in [0, 0.05) is 30.9 Å². The molecule has 1 aromatic heterocycles. The Morgan fingerprint density at radius 2 is 2.00 bits per heavy atom. The summed E-state index contributed by atoms with van der Waals surface area (Å²) in [5.41, 5.74) is 0.0693. The summed E-state index contributed by atoms with van der Waals surface area (Å²) in [6.07, 6.45) is 0.237. The van der Waals surface area contributed by atoms with Gasteiger partial charge < -0.3 is 14.4 Å². The minimum absolute atomic E-state index is 0.0280. The Morgan fingerprint density at radius 1 is 1.26 bits per heavy atom. The second-order valence-corrected chi connectivity index (χ2v) is 8.06. The lowest BCUT2D eigenvalue weighted by molar-refractivity contribution is -0.139. The van der Waals surface area contributed by atoms with Crippen LogP contribution in [-0.4, -0.2) is 48.5 Å². The summed E-state index contributed by atoms with van der Waals surface area (Å²) >= 11 is 0. The van der Waals surface area contributed by atoms with E-state index in [1.807, 2.05) is 7.05 Å². The van der Waals surface area contributed by atoms with E-state index in [1.165, 1.54) is 0 Å². The first-order chi connectivity index (χ1) is 14.8. The van der Waals surface area contributed by atoms with E-state index in [1.54, 1.807) is 6.20 Å². The molecule has 0 bridgehead atoms. The standard InChI is InChI=1S/C22H29F4N3O2/c1-3-4-7-29(2)13-17-12-27-28-20(17)16-10-18(22(24,25)26)21(19(23)11-16)31-14-15-5-8-30-9-6-15/h10-12,15H,3-9,13-14H2,1-2H3,(H,27,28). The van der Waals surface area contributed by atoms with Crippen molar-refractivity contribution >= 4 is 0 Å². The van der Waals surface area contributed by atoms with Gasteiger partial charge in [-0.15, -0.1) is 0 Å². The monoisotopic (exact) mass is 443 g/mol. The zero-order valence-electron chi connectivity index (χ0n) is 17.9. The summed E-state index contributed by atoms with van der Waals surface area (Å²) in [4.78, 5) is 2.06. The van der Waals surface area contributed by atoms with Gasteiger partial charge in [0.15, 0.2) is 11.6 Å². The van der Waals surface area contributed by atoms with Crippen LogP contribution in [0.5, 0.6) is 5.75 Å². The molecule has 2 heterocycles. The third-order valence-corrected chi connectivity index (χ3v) is 5.49. The van der Waals surface area contributed by atoms with E-state index in [4.69, 9.17) is 9.47 Å². The fraction of sp³-hybridized carbons (Fsp3) is 0.591. The molecular formula is C22H29F4N3O2. The Balaban J connectivity index is 1.86. The number of H-pyrrole nitrogens is 1. The Hall–Kier alpha value is -2.13. The van der Waals surface area contributed by atoms with Crippen molar-refractivity contribution in [3.05, 3.63) is 35.3 Å². The molecule has 5 nitrogen and oxygen atoms in total. The number of benzene rings is 1. The molecular weight excluding hydrogens is 414 g/mol. The van der Waals surface area contributed by atoms with Gasteiger partial charge in [0.25, 0.3) is 0 Å². The first-order valence-corrected chi connectivity index (χ1v) is 10.6. The van der Waals surface area contributed by atoms with E-state index >= 15 is 0 Å². The van der Waals surface area contributed by atoms with Crippen molar-refractivity contribution in [2.24, 2.45) is 5.92 Å². The van der Waals surface area contributed by atoms with Crippen molar-refractivity contribution in [1.29, 1.82) is 0 Å². The second kappa shape index (κ2) is 10.5. The summed E-state index contributed by atoms with van der Waals surface area (Å²) in [5.74, 6) is -1.73. The number of unbranched alkanes of at least 4 members (excludes halogenated alkanes) is 1. The van der Waals surface area contributed by atoms with E-state index in [9.17, 15) is 17.6 Å². The Morgan fingerprint density at radius 3 is 2.68 bits per heavy atom. The maximum Gasteiger partial charge on any atom is 0.420 e. The van der Waals surface area contributed by atoms with Crippen LogP contribution in [0.4, 0.5) is 17.6 Å². The number of nitrogens with one attached hydrogen (secondary N) is 1.